The van der Waals surface area contributed by atoms with E-state index in [1.807, 2.05) is 0 Å². The first kappa shape index (κ1) is 23.0. The van der Waals surface area contributed by atoms with Crippen LogP contribution >= 0.6 is 0 Å². The maximum Gasteiger partial charge on any atom is 0.429 e. The highest BCUT2D eigenvalue weighted by Gasteiger charge is 2.44. The van der Waals surface area contributed by atoms with Crippen LogP contribution < -0.4 is 4.74 Å². The second-order valence-corrected chi connectivity index (χ2v) is 7.47. The molecule has 0 amide bonds. The minimum atomic E-state index is -4.73. The summed E-state index contributed by atoms with van der Waals surface area (Å²) in [6.45, 7) is 1.56. The average molecular weight is 468 g/mol. The Hall–Kier alpha value is -4.21. The summed E-state index contributed by atoms with van der Waals surface area (Å²) >= 11 is 0. The molecule has 0 saturated heterocycles. The van der Waals surface area contributed by atoms with Crippen molar-refractivity contribution in [2.24, 2.45) is 0 Å². The quantitative estimate of drug-likeness (QED) is 0.401. The molecular formula is C24H19F3N4O3. The Balaban J connectivity index is 1.65. The summed E-state index contributed by atoms with van der Waals surface area (Å²) in [7, 11) is 0. The van der Waals surface area contributed by atoms with Crippen molar-refractivity contribution >= 4 is 5.97 Å². The molecule has 2 heterocycles. The minimum Gasteiger partial charge on any atom is -0.481 e. The Morgan fingerprint density at radius 3 is 2.44 bits per heavy atom. The lowest BCUT2D eigenvalue weighted by Crippen LogP contribution is -2.27. The van der Waals surface area contributed by atoms with Crippen LogP contribution in [0, 0.1) is 0 Å². The van der Waals surface area contributed by atoms with Gasteiger partial charge in [-0.3, -0.25) is 4.79 Å². The predicted octanol–water partition coefficient (Wildman–Crippen LogP) is 5.20. The molecular weight excluding hydrogens is 449 g/mol. The third-order valence-corrected chi connectivity index (χ3v) is 5.23. The smallest absolute Gasteiger partial charge is 0.429 e. The molecule has 10 heteroatoms. The number of carboxylic acids is 1. The van der Waals surface area contributed by atoms with Crippen LogP contribution in [0.3, 0.4) is 0 Å². The van der Waals surface area contributed by atoms with Crippen LogP contribution in [0.4, 0.5) is 13.2 Å². The van der Waals surface area contributed by atoms with Crippen molar-refractivity contribution in [3.05, 3.63) is 90.5 Å². The van der Waals surface area contributed by atoms with Gasteiger partial charge >= 0.3 is 12.1 Å². The number of ether oxygens (including phenoxy) is 1. The van der Waals surface area contributed by atoms with Crippen LogP contribution in [0.2, 0.25) is 0 Å². The van der Waals surface area contributed by atoms with Gasteiger partial charge in [0.25, 0.3) is 0 Å². The standard InChI is InChI=1S/C24H19F3N4O3/c1-15(23(32)33)16-7-9-17(10-8-16)19-13-21(29-14-28-19)34-22(24(25,26)27)18-5-2-3-6-20(18)31-12-4-11-30-31/h2-15,22H,1H3,(H,32,33). The molecule has 34 heavy (non-hydrogen) atoms. The summed E-state index contributed by atoms with van der Waals surface area (Å²) in [5, 5.41) is 13.2. The van der Waals surface area contributed by atoms with E-state index >= 15 is 0 Å². The van der Waals surface area contributed by atoms with Gasteiger partial charge in [-0.25, -0.2) is 14.6 Å². The van der Waals surface area contributed by atoms with Crippen molar-refractivity contribution in [3.8, 4) is 22.8 Å². The monoisotopic (exact) mass is 468 g/mol. The fourth-order valence-corrected chi connectivity index (χ4v) is 3.40. The zero-order valence-corrected chi connectivity index (χ0v) is 17.8. The number of hydrogen-bond acceptors (Lipinski definition) is 5. The van der Waals surface area contributed by atoms with E-state index in [1.54, 1.807) is 49.5 Å². The molecule has 0 radical (unpaired) electrons. The summed E-state index contributed by atoms with van der Waals surface area (Å²) in [4.78, 5) is 19.2. The Morgan fingerprint density at radius 2 is 1.79 bits per heavy atom. The van der Waals surface area contributed by atoms with E-state index in [4.69, 9.17) is 9.84 Å². The van der Waals surface area contributed by atoms with E-state index in [0.717, 1.165) is 6.33 Å². The summed E-state index contributed by atoms with van der Waals surface area (Å²) in [6.07, 6.45) is -2.90. The Bertz CT molecular complexity index is 1280. The lowest BCUT2D eigenvalue weighted by molar-refractivity contribution is -0.198. The Morgan fingerprint density at radius 1 is 1.06 bits per heavy atom. The highest BCUT2D eigenvalue weighted by atomic mass is 19.4. The maximum absolute atomic E-state index is 14.1. The van der Waals surface area contributed by atoms with Crippen molar-refractivity contribution in [3.63, 3.8) is 0 Å². The molecule has 0 fully saturated rings. The largest absolute Gasteiger partial charge is 0.481 e. The molecule has 0 bridgehead atoms. The van der Waals surface area contributed by atoms with E-state index in [2.05, 4.69) is 15.1 Å². The third kappa shape index (κ3) is 4.90. The normalized spacial score (nSPS) is 13.3. The van der Waals surface area contributed by atoms with Crippen LogP contribution in [0.5, 0.6) is 5.88 Å². The van der Waals surface area contributed by atoms with Crippen molar-refractivity contribution in [2.45, 2.75) is 25.1 Å². The number of alkyl halides is 3. The van der Waals surface area contributed by atoms with Gasteiger partial charge in [-0.05, 0) is 24.6 Å². The van der Waals surface area contributed by atoms with Crippen molar-refractivity contribution in [1.29, 1.82) is 0 Å². The third-order valence-electron chi connectivity index (χ3n) is 5.23. The zero-order valence-electron chi connectivity index (χ0n) is 17.8. The number of carbonyl (C=O) groups is 1. The fraction of sp³-hybridized carbons (Fsp3) is 0.167. The first-order chi connectivity index (χ1) is 16.2. The van der Waals surface area contributed by atoms with Crippen LogP contribution in [-0.2, 0) is 4.79 Å². The molecule has 174 valence electrons. The molecule has 2 unspecified atom stereocenters. The second kappa shape index (κ2) is 9.34. The molecule has 0 saturated carbocycles. The number of hydrogen-bond donors (Lipinski definition) is 1. The van der Waals surface area contributed by atoms with E-state index in [-0.39, 0.29) is 17.1 Å². The van der Waals surface area contributed by atoms with Crippen LogP contribution in [-0.4, -0.2) is 37.0 Å². The van der Waals surface area contributed by atoms with Gasteiger partial charge < -0.3 is 9.84 Å². The van der Waals surface area contributed by atoms with Gasteiger partial charge in [0.05, 0.1) is 17.3 Å². The molecule has 0 aliphatic carbocycles. The SMILES string of the molecule is CC(C(=O)O)c1ccc(-c2cc(OC(c3ccccc3-n3cccn3)C(F)(F)F)ncn2)cc1. The molecule has 4 rings (SSSR count). The summed E-state index contributed by atoms with van der Waals surface area (Å²) < 4.78 is 48.9. The topological polar surface area (TPSA) is 90.1 Å². The summed E-state index contributed by atoms with van der Waals surface area (Å²) in [5.41, 5.74) is 1.61. The number of halogens is 3. The van der Waals surface area contributed by atoms with Crippen LogP contribution in [0.15, 0.2) is 79.4 Å². The maximum atomic E-state index is 14.1. The highest BCUT2D eigenvalue weighted by Crippen LogP contribution is 2.39. The number of nitrogens with zero attached hydrogens (tertiary/aromatic N) is 4. The second-order valence-electron chi connectivity index (χ2n) is 7.47. The summed E-state index contributed by atoms with van der Waals surface area (Å²) in [5.74, 6) is -1.91. The van der Waals surface area contributed by atoms with Gasteiger partial charge in [0, 0.05) is 29.6 Å². The molecule has 0 aliphatic heterocycles. The molecule has 4 aromatic rings. The van der Waals surface area contributed by atoms with Crippen molar-refractivity contribution in [1.82, 2.24) is 19.7 Å². The molecule has 2 aromatic heterocycles. The van der Waals surface area contributed by atoms with Crippen LogP contribution in [0.25, 0.3) is 16.9 Å². The van der Waals surface area contributed by atoms with E-state index in [9.17, 15) is 18.0 Å². The number of aromatic nitrogens is 4. The van der Waals surface area contributed by atoms with Crippen molar-refractivity contribution < 1.29 is 27.8 Å². The Kier molecular flexibility index (Phi) is 6.31. The first-order valence-electron chi connectivity index (χ1n) is 10.2. The molecule has 2 aromatic carbocycles. The number of rotatable bonds is 7. The number of para-hydroxylation sites is 1. The average Bonchev–Trinajstić information content (AvgIpc) is 3.36. The zero-order chi connectivity index (χ0) is 24.3. The van der Waals surface area contributed by atoms with E-state index in [0.29, 0.717) is 16.8 Å². The number of carboxylic acid groups (broad SMARTS) is 1. The fourth-order valence-electron chi connectivity index (χ4n) is 3.40. The van der Waals surface area contributed by atoms with Gasteiger partial charge in [0.1, 0.15) is 6.33 Å². The summed E-state index contributed by atoms with van der Waals surface area (Å²) in [6, 6.07) is 15.5. The van der Waals surface area contributed by atoms with Crippen molar-refractivity contribution in [2.75, 3.05) is 0 Å². The van der Waals surface area contributed by atoms with Crippen LogP contribution in [0.1, 0.15) is 30.1 Å². The lowest BCUT2D eigenvalue weighted by Gasteiger charge is -2.23. The Labute approximate surface area is 192 Å². The van der Waals surface area contributed by atoms with Gasteiger partial charge in [-0.1, -0.05) is 42.5 Å². The van der Waals surface area contributed by atoms with Gasteiger partial charge in [0.2, 0.25) is 12.0 Å². The predicted molar refractivity (Wildman–Crippen MR) is 117 cm³/mol. The molecule has 7 nitrogen and oxygen atoms in total. The first-order valence-corrected chi connectivity index (χ1v) is 10.2. The molecule has 1 N–H and O–H groups in total. The van der Waals surface area contributed by atoms with E-state index in [1.165, 1.54) is 35.1 Å². The van der Waals surface area contributed by atoms with Gasteiger partial charge in [-0.2, -0.15) is 18.3 Å². The minimum absolute atomic E-state index is 0.120. The number of aliphatic carboxylic acids is 1. The van der Waals surface area contributed by atoms with Gasteiger partial charge in [-0.15, -0.1) is 0 Å². The molecule has 2 atom stereocenters. The number of benzene rings is 2. The molecule has 0 aliphatic rings. The van der Waals surface area contributed by atoms with E-state index < -0.39 is 24.2 Å². The molecule has 0 spiro atoms. The van der Waals surface area contributed by atoms with Gasteiger partial charge in [0.15, 0.2) is 0 Å². The highest BCUT2D eigenvalue weighted by molar-refractivity contribution is 5.76. The lowest BCUT2D eigenvalue weighted by atomic mass is 9.99.